The van der Waals surface area contributed by atoms with Crippen molar-refractivity contribution in [3.05, 3.63) is 81.8 Å². The van der Waals surface area contributed by atoms with Crippen molar-refractivity contribution in [2.75, 3.05) is 7.11 Å². The molecule has 3 aromatic rings. The highest BCUT2D eigenvalue weighted by Crippen LogP contribution is 2.67. The first-order chi connectivity index (χ1) is 13.9. The van der Waals surface area contributed by atoms with E-state index in [2.05, 4.69) is 49.7 Å². The summed E-state index contributed by atoms with van der Waals surface area (Å²) in [6.07, 6.45) is 2.24. The molecule has 4 nitrogen and oxygen atoms in total. The van der Waals surface area contributed by atoms with Crippen LogP contribution in [0.5, 0.6) is 5.75 Å². The van der Waals surface area contributed by atoms with Crippen molar-refractivity contribution < 1.29 is 4.74 Å². The van der Waals surface area contributed by atoms with Crippen LogP contribution >= 0.6 is 0 Å². The number of hydrogen-bond acceptors (Lipinski definition) is 2. The van der Waals surface area contributed by atoms with Gasteiger partial charge in [-0.2, -0.15) is 0 Å². The molecule has 5 rings (SSSR count). The Morgan fingerprint density at radius 3 is 2.38 bits per heavy atom. The highest BCUT2D eigenvalue weighted by molar-refractivity contribution is 5.48. The van der Waals surface area contributed by atoms with E-state index in [1.54, 1.807) is 7.11 Å². The van der Waals surface area contributed by atoms with E-state index in [0.717, 1.165) is 29.8 Å². The van der Waals surface area contributed by atoms with Crippen molar-refractivity contribution in [2.45, 2.75) is 51.5 Å². The first-order valence-electron chi connectivity index (χ1n) is 10.4. The summed E-state index contributed by atoms with van der Waals surface area (Å²) in [5.74, 6) is 1.13. The van der Waals surface area contributed by atoms with Crippen LogP contribution in [0, 0.1) is 5.41 Å². The van der Waals surface area contributed by atoms with Crippen molar-refractivity contribution in [2.24, 2.45) is 5.41 Å². The molecular formula is C25H28N2O2. The van der Waals surface area contributed by atoms with Gasteiger partial charge in [0.25, 0.3) is 5.56 Å². The van der Waals surface area contributed by atoms with E-state index in [1.165, 1.54) is 11.3 Å². The van der Waals surface area contributed by atoms with Crippen LogP contribution in [0.2, 0.25) is 0 Å². The lowest BCUT2D eigenvalue weighted by Gasteiger charge is -2.36. The largest absolute Gasteiger partial charge is 0.497 e. The van der Waals surface area contributed by atoms with Gasteiger partial charge in [-0.25, -0.2) is 4.68 Å². The Bertz CT molecular complexity index is 1120. The zero-order valence-electron chi connectivity index (χ0n) is 17.6. The predicted octanol–water partition coefficient (Wildman–Crippen LogP) is 4.87. The van der Waals surface area contributed by atoms with Gasteiger partial charge in [-0.05, 0) is 54.0 Å². The van der Waals surface area contributed by atoms with Crippen LogP contribution in [0.25, 0.3) is 5.69 Å². The third-order valence-electron chi connectivity index (χ3n) is 7.77. The molecule has 2 atom stereocenters. The predicted molar refractivity (Wildman–Crippen MR) is 115 cm³/mol. The van der Waals surface area contributed by atoms with E-state index >= 15 is 0 Å². The fraction of sp³-hybridized carbons (Fsp3) is 0.400. The van der Waals surface area contributed by atoms with Gasteiger partial charge in [0.1, 0.15) is 5.75 Å². The van der Waals surface area contributed by atoms with Gasteiger partial charge < -0.3 is 4.74 Å². The first kappa shape index (κ1) is 18.3. The molecule has 2 aliphatic rings. The highest BCUT2D eigenvalue weighted by atomic mass is 16.5. The van der Waals surface area contributed by atoms with E-state index in [0.29, 0.717) is 12.5 Å². The van der Waals surface area contributed by atoms with E-state index in [-0.39, 0.29) is 16.4 Å². The van der Waals surface area contributed by atoms with Crippen LogP contribution in [-0.2, 0) is 12.0 Å². The summed E-state index contributed by atoms with van der Waals surface area (Å²) >= 11 is 0. The van der Waals surface area contributed by atoms with Crippen LogP contribution in [0.15, 0.2) is 59.4 Å². The van der Waals surface area contributed by atoms with Crippen LogP contribution in [0.3, 0.4) is 0 Å². The van der Waals surface area contributed by atoms with Gasteiger partial charge in [-0.3, -0.25) is 9.48 Å². The molecular weight excluding hydrogens is 360 g/mol. The molecule has 1 fully saturated rings. The molecule has 0 amide bonds. The minimum absolute atomic E-state index is 0.0126. The average molecular weight is 389 g/mol. The monoisotopic (exact) mass is 388 g/mol. The van der Waals surface area contributed by atoms with E-state index < -0.39 is 0 Å². The van der Waals surface area contributed by atoms with Gasteiger partial charge in [0.15, 0.2) is 0 Å². The Kier molecular flexibility index (Phi) is 3.86. The fourth-order valence-corrected chi connectivity index (χ4v) is 5.78. The zero-order chi connectivity index (χ0) is 20.4. The van der Waals surface area contributed by atoms with E-state index in [4.69, 9.17) is 4.74 Å². The SMILES string of the molecule is COc1ccc(-n2c(=O)c3c(n2Cc2ccccc2)C2(C)CCC3C2(C)C)cc1. The van der Waals surface area contributed by atoms with Crippen LogP contribution in [-0.4, -0.2) is 16.5 Å². The van der Waals surface area contributed by atoms with E-state index in [9.17, 15) is 4.79 Å². The number of ether oxygens (including phenoxy) is 1. The summed E-state index contributed by atoms with van der Waals surface area (Å²) < 4.78 is 9.45. The molecule has 4 heteroatoms. The second-order valence-electron chi connectivity index (χ2n) is 9.27. The third kappa shape index (κ3) is 2.35. The number of fused-ring (bicyclic) bond motifs is 5. The number of benzene rings is 2. The molecule has 1 aromatic heterocycles. The normalized spacial score (nSPS) is 23.9. The molecule has 1 heterocycles. The van der Waals surface area contributed by atoms with Gasteiger partial charge in [0.05, 0.1) is 25.0 Å². The molecule has 2 bridgehead atoms. The summed E-state index contributed by atoms with van der Waals surface area (Å²) in [4.78, 5) is 13.8. The van der Waals surface area contributed by atoms with Gasteiger partial charge in [0.2, 0.25) is 0 Å². The molecule has 0 radical (unpaired) electrons. The number of rotatable bonds is 4. The van der Waals surface area contributed by atoms with Gasteiger partial charge >= 0.3 is 0 Å². The molecule has 150 valence electrons. The minimum atomic E-state index is 0.0126. The maximum absolute atomic E-state index is 13.8. The van der Waals surface area contributed by atoms with Crippen LogP contribution in [0.1, 0.15) is 56.4 Å². The molecule has 0 spiro atoms. The highest BCUT2D eigenvalue weighted by Gasteiger charge is 2.62. The lowest BCUT2D eigenvalue weighted by Crippen LogP contribution is -2.36. The minimum Gasteiger partial charge on any atom is -0.497 e. The van der Waals surface area contributed by atoms with Gasteiger partial charge in [-0.1, -0.05) is 51.1 Å². The molecule has 0 aliphatic heterocycles. The van der Waals surface area contributed by atoms with Crippen LogP contribution < -0.4 is 10.3 Å². The maximum atomic E-state index is 13.8. The topological polar surface area (TPSA) is 36.2 Å². The van der Waals surface area contributed by atoms with Gasteiger partial charge in [-0.15, -0.1) is 0 Å². The lowest BCUT2D eigenvalue weighted by atomic mass is 9.70. The van der Waals surface area contributed by atoms with Crippen molar-refractivity contribution in [1.82, 2.24) is 9.36 Å². The summed E-state index contributed by atoms with van der Waals surface area (Å²) in [6, 6.07) is 18.2. The number of nitrogens with zero attached hydrogens (tertiary/aromatic N) is 2. The van der Waals surface area contributed by atoms with Gasteiger partial charge in [0, 0.05) is 11.0 Å². The zero-order valence-corrected chi connectivity index (χ0v) is 17.6. The Hall–Kier alpha value is -2.75. The summed E-state index contributed by atoms with van der Waals surface area (Å²) in [5, 5.41) is 0. The lowest BCUT2D eigenvalue weighted by molar-refractivity contribution is 0.216. The summed E-state index contributed by atoms with van der Waals surface area (Å²) in [5.41, 5.74) is 4.63. The Labute approximate surface area is 171 Å². The van der Waals surface area contributed by atoms with Crippen molar-refractivity contribution >= 4 is 0 Å². The molecule has 1 saturated carbocycles. The number of methoxy groups -OCH3 is 1. The first-order valence-corrected chi connectivity index (χ1v) is 10.4. The molecule has 2 aromatic carbocycles. The second-order valence-corrected chi connectivity index (χ2v) is 9.27. The smallest absolute Gasteiger partial charge is 0.275 e. The Balaban J connectivity index is 1.76. The molecule has 2 unspecified atom stereocenters. The van der Waals surface area contributed by atoms with Crippen molar-refractivity contribution in [3.8, 4) is 11.4 Å². The quantitative estimate of drug-likeness (QED) is 0.639. The molecule has 0 saturated heterocycles. The Morgan fingerprint density at radius 2 is 1.72 bits per heavy atom. The van der Waals surface area contributed by atoms with Crippen LogP contribution in [0.4, 0.5) is 0 Å². The molecule has 2 aliphatic carbocycles. The second kappa shape index (κ2) is 6.12. The third-order valence-corrected chi connectivity index (χ3v) is 7.77. The Morgan fingerprint density at radius 1 is 1.03 bits per heavy atom. The molecule has 0 N–H and O–H groups in total. The summed E-state index contributed by atoms with van der Waals surface area (Å²) in [6.45, 7) is 7.73. The average Bonchev–Trinajstić information content (AvgIpc) is 3.21. The summed E-state index contributed by atoms with van der Waals surface area (Å²) in [7, 11) is 1.66. The van der Waals surface area contributed by atoms with Crippen molar-refractivity contribution in [1.29, 1.82) is 0 Å². The van der Waals surface area contributed by atoms with E-state index in [1.807, 2.05) is 35.0 Å². The molecule has 29 heavy (non-hydrogen) atoms. The van der Waals surface area contributed by atoms with Crippen molar-refractivity contribution in [3.63, 3.8) is 0 Å². The fourth-order valence-electron chi connectivity index (χ4n) is 5.78. The maximum Gasteiger partial charge on any atom is 0.275 e. The number of hydrogen-bond donors (Lipinski definition) is 0. The standard InChI is InChI=1S/C25H28N2O2/c1-24(2)20-14-15-25(24,3)22-21(20)23(28)27(18-10-12-19(29-4)13-11-18)26(22)16-17-8-6-5-7-9-17/h5-13,20H,14-16H2,1-4H3. The number of aromatic nitrogens is 2.